The van der Waals surface area contributed by atoms with Gasteiger partial charge in [0.1, 0.15) is 0 Å². The molecule has 0 amide bonds. The van der Waals surface area contributed by atoms with E-state index in [4.69, 9.17) is 11.6 Å². The summed E-state index contributed by atoms with van der Waals surface area (Å²) in [7, 11) is -3.79. The van der Waals surface area contributed by atoms with Crippen LogP contribution in [0, 0.1) is 20.8 Å². The fourth-order valence-electron chi connectivity index (χ4n) is 4.33. The number of aryl methyl sites for hydroxylation is 2. The summed E-state index contributed by atoms with van der Waals surface area (Å²) in [5, 5.41) is 2.45. The maximum Gasteiger partial charge on any atom is 0.261 e. The SMILES string of the molecule is Cc1ccc(S(=O)(=O)Nc2ccsc2C(=O)Cc2c(C)cc(Cl)c(N3CCCC3)c2C)cc1. The van der Waals surface area contributed by atoms with Crippen LogP contribution in [0.5, 0.6) is 0 Å². The number of sulfonamides is 1. The van der Waals surface area contributed by atoms with Crippen LogP contribution in [0.2, 0.25) is 5.02 Å². The molecule has 8 heteroatoms. The van der Waals surface area contributed by atoms with Crippen LogP contribution in [0.15, 0.2) is 46.7 Å². The molecule has 0 atom stereocenters. The molecule has 174 valence electrons. The van der Waals surface area contributed by atoms with Gasteiger partial charge in [0.2, 0.25) is 0 Å². The third kappa shape index (κ3) is 4.95. The Balaban J connectivity index is 1.60. The number of halogens is 1. The Morgan fingerprint density at radius 2 is 1.76 bits per heavy atom. The van der Waals surface area contributed by atoms with Gasteiger partial charge < -0.3 is 4.90 Å². The molecule has 4 rings (SSSR count). The Hall–Kier alpha value is -2.35. The molecule has 0 radical (unpaired) electrons. The highest BCUT2D eigenvalue weighted by Crippen LogP contribution is 2.37. The summed E-state index contributed by atoms with van der Waals surface area (Å²) < 4.78 is 28.3. The Morgan fingerprint density at radius 1 is 1.09 bits per heavy atom. The Morgan fingerprint density at radius 3 is 2.42 bits per heavy atom. The van der Waals surface area contributed by atoms with Gasteiger partial charge in [0.05, 0.1) is 26.2 Å². The number of thiophene rings is 1. The molecule has 0 aliphatic carbocycles. The second kappa shape index (κ2) is 9.49. The molecule has 5 nitrogen and oxygen atoms in total. The lowest BCUT2D eigenvalue weighted by Crippen LogP contribution is -2.20. The van der Waals surface area contributed by atoms with Crippen molar-refractivity contribution in [3.05, 3.63) is 73.9 Å². The first-order valence-electron chi connectivity index (χ1n) is 10.9. The first-order valence-corrected chi connectivity index (χ1v) is 13.6. The third-order valence-corrected chi connectivity index (χ3v) is 8.73. The molecule has 33 heavy (non-hydrogen) atoms. The minimum atomic E-state index is -3.79. The Labute approximate surface area is 204 Å². The lowest BCUT2D eigenvalue weighted by molar-refractivity contribution is 0.0997. The van der Waals surface area contributed by atoms with Crippen molar-refractivity contribution in [2.24, 2.45) is 0 Å². The van der Waals surface area contributed by atoms with E-state index in [0.717, 1.165) is 53.9 Å². The zero-order valence-corrected chi connectivity index (χ0v) is 21.3. The molecule has 0 saturated carbocycles. The van der Waals surface area contributed by atoms with Gasteiger partial charge in [-0.05, 0) is 79.9 Å². The van der Waals surface area contributed by atoms with Crippen molar-refractivity contribution in [2.75, 3.05) is 22.7 Å². The van der Waals surface area contributed by atoms with Crippen LogP contribution in [-0.4, -0.2) is 27.3 Å². The highest BCUT2D eigenvalue weighted by Gasteiger charge is 2.24. The summed E-state index contributed by atoms with van der Waals surface area (Å²) in [6, 6.07) is 10.2. The van der Waals surface area contributed by atoms with Crippen LogP contribution in [-0.2, 0) is 16.4 Å². The maximum atomic E-state index is 13.3. The van der Waals surface area contributed by atoms with E-state index in [-0.39, 0.29) is 17.1 Å². The predicted molar refractivity (Wildman–Crippen MR) is 137 cm³/mol. The van der Waals surface area contributed by atoms with Gasteiger partial charge in [-0.15, -0.1) is 11.3 Å². The Kier molecular flexibility index (Phi) is 6.84. The molecule has 0 spiro atoms. The van der Waals surface area contributed by atoms with E-state index in [1.807, 2.05) is 26.8 Å². The summed E-state index contributed by atoms with van der Waals surface area (Å²) in [6.45, 7) is 7.81. The van der Waals surface area contributed by atoms with Gasteiger partial charge in [0.15, 0.2) is 5.78 Å². The van der Waals surface area contributed by atoms with Crippen LogP contribution in [0.1, 0.15) is 44.8 Å². The van der Waals surface area contributed by atoms with Crippen molar-refractivity contribution in [3.8, 4) is 0 Å². The number of nitrogens with zero attached hydrogens (tertiary/aromatic N) is 1. The first-order chi connectivity index (χ1) is 15.7. The average molecular weight is 503 g/mol. The fraction of sp³-hybridized carbons (Fsp3) is 0.320. The minimum absolute atomic E-state index is 0.118. The smallest absolute Gasteiger partial charge is 0.261 e. The number of benzene rings is 2. The normalized spacial score (nSPS) is 14.0. The third-order valence-electron chi connectivity index (χ3n) is 6.11. The van der Waals surface area contributed by atoms with Crippen LogP contribution in [0.25, 0.3) is 0 Å². The first kappa shape index (κ1) is 23.8. The molecule has 1 aromatic heterocycles. The molecule has 0 unspecified atom stereocenters. The largest absolute Gasteiger partial charge is 0.370 e. The van der Waals surface area contributed by atoms with Crippen LogP contribution in [0.3, 0.4) is 0 Å². The average Bonchev–Trinajstić information content (AvgIpc) is 3.43. The van der Waals surface area contributed by atoms with E-state index in [1.54, 1.807) is 35.7 Å². The Bertz CT molecular complexity index is 1290. The van der Waals surface area contributed by atoms with Crippen molar-refractivity contribution in [1.29, 1.82) is 0 Å². The molecule has 2 heterocycles. The van der Waals surface area contributed by atoms with Crippen molar-refractivity contribution >= 4 is 50.1 Å². The summed E-state index contributed by atoms with van der Waals surface area (Å²) in [5.41, 5.74) is 5.23. The number of carbonyl (C=O) groups is 1. The van der Waals surface area contributed by atoms with E-state index >= 15 is 0 Å². The van der Waals surface area contributed by atoms with Gasteiger partial charge >= 0.3 is 0 Å². The monoisotopic (exact) mass is 502 g/mol. The van der Waals surface area contributed by atoms with Crippen LogP contribution < -0.4 is 9.62 Å². The van der Waals surface area contributed by atoms with Crippen molar-refractivity contribution in [3.63, 3.8) is 0 Å². The van der Waals surface area contributed by atoms with Crippen molar-refractivity contribution in [2.45, 2.75) is 44.9 Å². The number of hydrogen-bond acceptors (Lipinski definition) is 5. The highest BCUT2D eigenvalue weighted by molar-refractivity contribution is 7.92. The topological polar surface area (TPSA) is 66.5 Å². The second-order valence-corrected chi connectivity index (χ2v) is 11.5. The quantitative estimate of drug-likeness (QED) is 0.393. The number of anilines is 2. The van der Waals surface area contributed by atoms with Gasteiger partial charge in [0.25, 0.3) is 10.0 Å². The van der Waals surface area contributed by atoms with E-state index in [9.17, 15) is 13.2 Å². The lowest BCUT2D eigenvalue weighted by atomic mass is 9.95. The van der Waals surface area contributed by atoms with Crippen LogP contribution >= 0.6 is 22.9 Å². The molecular formula is C25H27ClN2O3S2. The van der Waals surface area contributed by atoms with Gasteiger partial charge in [-0.2, -0.15) is 0 Å². The van der Waals surface area contributed by atoms with E-state index < -0.39 is 10.0 Å². The van der Waals surface area contributed by atoms with Crippen LogP contribution in [0.4, 0.5) is 11.4 Å². The number of carbonyl (C=O) groups excluding carboxylic acids is 1. The van der Waals surface area contributed by atoms with E-state index in [1.165, 1.54) is 11.3 Å². The van der Waals surface area contributed by atoms with Gasteiger partial charge in [0, 0.05) is 19.5 Å². The van der Waals surface area contributed by atoms with Gasteiger partial charge in [-0.1, -0.05) is 29.3 Å². The summed E-state index contributed by atoms with van der Waals surface area (Å²) in [6.07, 6.45) is 2.46. The lowest BCUT2D eigenvalue weighted by Gasteiger charge is -2.24. The molecule has 3 aromatic rings. The molecule has 1 aliphatic heterocycles. The second-order valence-electron chi connectivity index (χ2n) is 8.50. The standard InChI is InChI=1S/C25H27ClN2O3S2/c1-16-6-8-19(9-7-16)33(30,31)27-22-10-13-32-25(22)23(29)15-20-17(2)14-21(26)24(18(20)3)28-11-4-5-12-28/h6-10,13-14,27H,4-5,11-12,15H2,1-3H3. The zero-order chi connectivity index (χ0) is 23.8. The number of rotatable bonds is 7. The highest BCUT2D eigenvalue weighted by atomic mass is 35.5. The maximum absolute atomic E-state index is 13.3. The summed E-state index contributed by atoms with van der Waals surface area (Å²) in [4.78, 5) is 16.2. The minimum Gasteiger partial charge on any atom is -0.370 e. The number of ketones is 1. The van der Waals surface area contributed by atoms with Gasteiger partial charge in [-0.25, -0.2) is 8.42 Å². The van der Waals surface area contributed by atoms with Crippen molar-refractivity contribution < 1.29 is 13.2 Å². The number of Topliss-reactive ketones (excluding diaryl/α,β-unsaturated/α-hetero) is 1. The molecule has 1 saturated heterocycles. The van der Waals surface area contributed by atoms with E-state index in [2.05, 4.69) is 9.62 Å². The predicted octanol–water partition coefficient (Wildman–Crippen LogP) is 6.15. The molecule has 0 bridgehead atoms. The van der Waals surface area contributed by atoms with E-state index in [0.29, 0.717) is 15.6 Å². The molecule has 2 aromatic carbocycles. The zero-order valence-electron chi connectivity index (χ0n) is 18.9. The fourth-order valence-corrected chi connectivity index (χ4v) is 6.68. The molecule has 1 N–H and O–H groups in total. The van der Waals surface area contributed by atoms with Gasteiger partial charge in [-0.3, -0.25) is 9.52 Å². The summed E-state index contributed by atoms with van der Waals surface area (Å²) >= 11 is 7.83. The number of nitrogens with one attached hydrogen (secondary N) is 1. The molecule has 1 fully saturated rings. The number of hydrogen-bond donors (Lipinski definition) is 1. The summed E-state index contributed by atoms with van der Waals surface area (Å²) in [5.74, 6) is -0.118. The molecule has 1 aliphatic rings. The van der Waals surface area contributed by atoms with Crippen molar-refractivity contribution in [1.82, 2.24) is 0 Å². The molecular weight excluding hydrogens is 476 g/mol.